The van der Waals surface area contributed by atoms with Gasteiger partial charge in [0.2, 0.25) is 15.9 Å². The Kier molecular flexibility index (Phi) is 8.98. The average molecular weight is 571 g/mol. The van der Waals surface area contributed by atoms with Crippen LogP contribution in [0.15, 0.2) is 72.8 Å². The van der Waals surface area contributed by atoms with Crippen molar-refractivity contribution in [2.75, 3.05) is 49.2 Å². The van der Waals surface area contributed by atoms with Gasteiger partial charge in [-0.2, -0.15) is 0 Å². The molecule has 1 heterocycles. The van der Waals surface area contributed by atoms with Gasteiger partial charge in [-0.1, -0.05) is 35.9 Å². The number of nitrogens with one attached hydrogen (secondary N) is 2. The first-order valence-corrected chi connectivity index (χ1v) is 14.7. The van der Waals surface area contributed by atoms with Gasteiger partial charge in [-0.05, 0) is 54.1 Å². The molecule has 0 spiro atoms. The minimum atomic E-state index is -3.44. The predicted octanol–water partition coefficient (Wildman–Crippen LogP) is 3.41. The molecule has 2 N–H and O–H groups in total. The summed E-state index contributed by atoms with van der Waals surface area (Å²) < 4.78 is 31.4. The molecule has 1 saturated heterocycles. The van der Waals surface area contributed by atoms with E-state index in [-0.39, 0.29) is 11.8 Å². The molecule has 0 aromatic heterocycles. The van der Waals surface area contributed by atoms with Gasteiger partial charge in [0.1, 0.15) is 11.8 Å². The maximum Gasteiger partial charge on any atom is 0.251 e. The van der Waals surface area contributed by atoms with E-state index in [1.54, 1.807) is 60.5 Å². The largest absolute Gasteiger partial charge is 0.497 e. The summed E-state index contributed by atoms with van der Waals surface area (Å²) in [5.74, 6) is 0.0879. The summed E-state index contributed by atoms with van der Waals surface area (Å²) in [6.45, 7) is 1.85. The molecule has 9 nitrogen and oxygen atoms in total. The molecular weight excluding hydrogens is 540 g/mol. The number of hydrogen-bond donors (Lipinski definition) is 2. The summed E-state index contributed by atoms with van der Waals surface area (Å²) in [5.41, 5.74) is 2.53. The average Bonchev–Trinajstić information content (AvgIpc) is 2.93. The number of methoxy groups -OCH3 is 1. The zero-order valence-corrected chi connectivity index (χ0v) is 23.3. The number of nitrogens with zero attached hydrogens (tertiary/aromatic N) is 2. The number of carbonyl (C=O) groups excluding carboxylic acids is 2. The quantitative estimate of drug-likeness (QED) is 0.408. The number of anilines is 2. The number of benzene rings is 3. The maximum absolute atomic E-state index is 13.7. The number of sulfonamides is 1. The van der Waals surface area contributed by atoms with E-state index in [4.69, 9.17) is 16.3 Å². The maximum atomic E-state index is 13.7. The number of amides is 2. The van der Waals surface area contributed by atoms with Gasteiger partial charge < -0.3 is 19.9 Å². The molecule has 39 heavy (non-hydrogen) atoms. The Labute approximate surface area is 233 Å². The second-order valence-corrected chi connectivity index (χ2v) is 11.5. The van der Waals surface area contributed by atoms with Crippen molar-refractivity contribution >= 4 is 44.8 Å². The van der Waals surface area contributed by atoms with Crippen LogP contribution in [0.4, 0.5) is 11.4 Å². The van der Waals surface area contributed by atoms with Crippen LogP contribution >= 0.6 is 11.6 Å². The molecule has 2 amide bonds. The smallest absolute Gasteiger partial charge is 0.251 e. The topological polar surface area (TPSA) is 108 Å². The van der Waals surface area contributed by atoms with Crippen LogP contribution in [-0.4, -0.2) is 70.7 Å². The lowest BCUT2D eigenvalue weighted by Gasteiger charge is -2.38. The van der Waals surface area contributed by atoms with Gasteiger partial charge in [0.25, 0.3) is 5.91 Å². The van der Waals surface area contributed by atoms with Crippen LogP contribution in [0.5, 0.6) is 5.75 Å². The van der Waals surface area contributed by atoms with Crippen molar-refractivity contribution in [1.29, 1.82) is 0 Å². The number of rotatable bonds is 9. The van der Waals surface area contributed by atoms with Crippen LogP contribution in [-0.2, 0) is 21.2 Å². The van der Waals surface area contributed by atoms with E-state index < -0.39 is 16.1 Å². The fraction of sp³-hybridized carbons (Fsp3) is 0.286. The fourth-order valence-corrected chi connectivity index (χ4v) is 5.16. The molecule has 1 fully saturated rings. The predicted molar refractivity (Wildman–Crippen MR) is 153 cm³/mol. The van der Waals surface area contributed by atoms with Crippen molar-refractivity contribution in [1.82, 2.24) is 10.2 Å². The third kappa shape index (κ3) is 7.64. The van der Waals surface area contributed by atoms with Crippen LogP contribution < -0.4 is 19.7 Å². The number of carbonyl (C=O) groups is 2. The molecule has 4 rings (SSSR count). The van der Waals surface area contributed by atoms with Crippen LogP contribution in [0.2, 0.25) is 5.02 Å². The lowest BCUT2D eigenvalue weighted by molar-refractivity contribution is -0.133. The van der Waals surface area contributed by atoms with Crippen LogP contribution in [0.1, 0.15) is 15.9 Å². The fourth-order valence-electron chi connectivity index (χ4n) is 4.46. The van der Waals surface area contributed by atoms with Crippen molar-refractivity contribution in [2.45, 2.75) is 12.5 Å². The molecule has 1 aliphatic heterocycles. The molecule has 3 aromatic rings. The Hall–Kier alpha value is -3.76. The Bertz CT molecular complexity index is 1410. The molecule has 0 radical (unpaired) electrons. The van der Waals surface area contributed by atoms with Gasteiger partial charge in [0, 0.05) is 43.2 Å². The Morgan fingerprint density at radius 3 is 2.21 bits per heavy atom. The molecule has 11 heteroatoms. The second-order valence-electron chi connectivity index (χ2n) is 9.29. The van der Waals surface area contributed by atoms with Gasteiger partial charge in [0.05, 0.1) is 24.7 Å². The lowest BCUT2D eigenvalue weighted by atomic mass is 10.0. The van der Waals surface area contributed by atoms with Gasteiger partial charge in [-0.25, -0.2) is 8.42 Å². The van der Waals surface area contributed by atoms with Crippen molar-refractivity contribution in [3.63, 3.8) is 0 Å². The standard InChI is InChI=1S/C28H31ClN4O5S/c1-38-23-13-9-21(10-14-23)27(34)30-25(19-20-7-11-22(29)12-8-20)28(35)33-17-15-32(16-18-33)26-6-4-3-5-24(26)31-39(2,36)37/h3-14,25,31H,15-19H2,1-2H3,(H,30,34)/t25-/m1/s1. The summed E-state index contributed by atoms with van der Waals surface area (Å²) in [4.78, 5) is 30.5. The number of ether oxygens (including phenoxy) is 1. The molecule has 1 atom stereocenters. The van der Waals surface area contributed by atoms with E-state index in [9.17, 15) is 18.0 Å². The van der Waals surface area contributed by atoms with Crippen molar-refractivity contribution < 1.29 is 22.7 Å². The van der Waals surface area contributed by atoms with Gasteiger partial charge in [-0.3, -0.25) is 14.3 Å². The highest BCUT2D eigenvalue weighted by Gasteiger charge is 2.30. The van der Waals surface area contributed by atoms with Gasteiger partial charge in [-0.15, -0.1) is 0 Å². The number of piperazine rings is 1. The Morgan fingerprint density at radius 1 is 0.949 bits per heavy atom. The zero-order chi connectivity index (χ0) is 28.0. The number of halogens is 1. The molecule has 0 saturated carbocycles. The second kappa shape index (κ2) is 12.4. The summed E-state index contributed by atoms with van der Waals surface area (Å²) in [6, 6.07) is 20.3. The third-order valence-electron chi connectivity index (χ3n) is 6.44. The molecular formula is C28H31ClN4O5S. The summed E-state index contributed by atoms with van der Waals surface area (Å²) in [6.07, 6.45) is 1.42. The van der Waals surface area contributed by atoms with E-state index >= 15 is 0 Å². The van der Waals surface area contributed by atoms with Crippen molar-refractivity contribution in [2.24, 2.45) is 0 Å². The first kappa shape index (κ1) is 28.3. The molecule has 0 unspecified atom stereocenters. The SMILES string of the molecule is COc1ccc(C(=O)N[C@H](Cc2ccc(Cl)cc2)C(=O)N2CCN(c3ccccc3NS(C)(=O)=O)CC2)cc1. The lowest BCUT2D eigenvalue weighted by Crippen LogP contribution is -2.55. The number of para-hydroxylation sites is 2. The van der Waals surface area contributed by atoms with E-state index in [0.29, 0.717) is 54.6 Å². The minimum Gasteiger partial charge on any atom is -0.497 e. The highest BCUT2D eigenvalue weighted by atomic mass is 35.5. The molecule has 0 aliphatic carbocycles. The van der Waals surface area contributed by atoms with Gasteiger partial charge >= 0.3 is 0 Å². The first-order chi connectivity index (χ1) is 18.6. The monoisotopic (exact) mass is 570 g/mol. The molecule has 206 valence electrons. The minimum absolute atomic E-state index is 0.186. The summed E-state index contributed by atoms with van der Waals surface area (Å²) in [7, 11) is -1.89. The third-order valence-corrected chi connectivity index (χ3v) is 7.28. The first-order valence-electron chi connectivity index (χ1n) is 12.4. The highest BCUT2D eigenvalue weighted by Crippen LogP contribution is 2.27. The summed E-state index contributed by atoms with van der Waals surface area (Å²) in [5, 5.41) is 3.50. The van der Waals surface area contributed by atoms with Crippen LogP contribution in [0.25, 0.3) is 0 Å². The van der Waals surface area contributed by atoms with Crippen LogP contribution in [0, 0.1) is 0 Å². The molecule has 0 bridgehead atoms. The van der Waals surface area contributed by atoms with Crippen LogP contribution in [0.3, 0.4) is 0 Å². The van der Waals surface area contributed by atoms with Crippen molar-refractivity contribution in [3.8, 4) is 5.75 Å². The van der Waals surface area contributed by atoms with Crippen molar-refractivity contribution in [3.05, 3.63) is 88.9 Å². The Morgan fingerprint density at radius 2 is 1.59 bits per heavy atom. The van der Waals surface area contributed by atoms with Gasteiger partial charge in [0.15, 0.2) is 0 Å². The summed E-state index contributed by atoms with van der Waals surface area (Å²) >= 11 is 6.03. The molecule has 3 aromatic carbocycles. The van der Waals surface area contributed by atoms with E-state index in [2.05, 4.69) is 10.0 Å². The van der Waals surface area contributed by atoms with E-state index in [0.717, 1.165) is 17.5 Å². The van der Waals surface area contributed by atoms with E-state index in [1.807, 2.05) is 29.2 Å². The zero-order valence-electron chi connectivity index (χ0n) is 21.8. The molecule has 1 aliphatic rings. The highest BCUT2D eigenvalue weighted by molar-refractivity contribution is 7.92. The van der Waals surface area contributed by atoms with E-state index in [1.165, 1.54) is 0 Å². The Balaban J connectivity index is 1.48. The number of hydrogen-bond acceptors (Lipinski definition) is 6. The normalized spacial score (nSPS) is 14.4.